The van der Waals surface area contributed by atoms with Gasteiger partial charge in [-0.05, 0) is 12.0 Å². The predicted molar refractivity (Wildman–Crippen MR) is 169 cm³/mol. The van der Waals surface area contributed by atoms with E-state index in [4.69, 9.17) is 23.7 Å². The van der Waals surface area contributed by atoms with Gasteiger partial charge in [-0.15, -0.1) is 20.4 Å². The minimum Gasteiger partial charge on any atom is -0.450 e. The molecule has 274 valence electrons. The van der Waals surface area contributed by atoms with E-state index in [1.54, 1.807) is 6.92 Å². The van der Waals surface area contributed by atoms with Gasteiger partial charge in [0, 0.05) is 51.4 Å². The van der Waals surface area contributed by atoms with Gasteiger partial charge in [-0.1, -0.05) is 24.3 Å². The topological polar surface area (TPSA) is 269 Å². The Balaban J connectivity index is 0.955. The summed E-state index contributed by atoms with van der Waals surface area (Å²) < 4.78 is 28.2. The van der Waals surface area contributed by atoms with Crippen molar-refractivity contribution in [2.24, 2.45) is 4.99 Å². The molecule has 2 saturated heterocycles. The zero-order valence-corrected chi connectivity index (χ0v) is 27.4. The first-order valence-corrected chi connectivity index (χ1v) is 16.3. The molecule has 9 atom stereocenters. The van der Waals surface area contributed by atoms with Gasteiger partial charge in [0.2, 0.25) is 23.9 Å². The van der Waals surface area contributed by atoms with E-state index < -0.39 is 67.3 Å². The van der Waals surface area contributed by atoms with Crippen molar-refractivity contribution in [2.45, 2.75) is 93.9 Å². The van der Waals surface area contributed by atoms with E-state index in [-0.39, 0.29) is 51.5 Å². The molecule has 2 amide bonds. The summed E-state index contributed by atoms with van der Waals surface area (Å²) in [5.74, 6) is 0.179. The molecule has 50 heavy (non-hydrogen) atoms. The lowest BCUT2D eigenvalue weighted by atomic mass is 9.90. The van der Waals surface area contributed by atoms with Gasteiger partial charge in [0.25, 0.3) is 0 Å². The standard InChI is InChI=1S/C31H43N7O12/c1-17-36-24-20(40)11-31(14-39,50-29(24)48-17)15-47-30-27(45)26(44)25(43)21(49-30)13-33-23(42)8-10-46-9-2-3-22(41)32-12-18-4-6-19(7-5-18)28-37-34-16-35-38-28/h4-7,16,20-21,24-27,29-30,39-40,43-45H,2-3,8-15H2,1H3,(H,32,41)(H,33,42)/t20?,21?,24-,25+,26?,27?,29+,30+,31?/m0/s1. The first-order chi connectivity index (χ1) is 24.1. The minimum atomic E-state index is -1.66. The highest BCUT2D eigenvalue weighted by molar-refractivity contribution is 5.76. The maximum absolute atomic E-state index is 12.4. The Hall–Kier alpha value is -3.79. The second-order valence-electron chi connectivity index (χ2n) is 12.3. The fraction of sp³-hybridized carbons (Fsp3) is 0.645. The van der Waals surface area contributed by atoms with Gasteiger partial charge in [0.1, 0.15) is 36.1 Å². The van der Waals surface area contributed by atoms with Crippen molar-refractivity contribution in [2.75, 3.05) is 33.0 Å². The van der Waals surface area contributed by atoms with Crippen LogP contribution in [0.3, 0.4) is 0 Å². The Kier molecular flexibility index (Phi) is 13.1. The summed E-state index contributed by atoms with van der Waals surface area (Å²) in [6, 6.07) is 6.69. The van der Waals surface area contributed by atoms with Crippen LogP contribution in [0, 0.1) is 0 Å². The van der Waals surface area contributed by atoms with Crippen molar-refractivity contribution >= 4 is 17.7 Å². The molecule has 0 saturated carbocycles. The molecule has 1 aromatic heterocycles. The van der Waals surface area contributed by atoms with Crippen LogP contribution in [0.1, 0.15) is 38.2 Å². The van der Waals surface area contributed by atoms with Crippen LogP contribution in [-0.4, -0.2) is 151 Å². The van der Waals surface area contributed by atoms with Crippen LogP contribution < -0.4 is 10.6 Å². The van der Waals surface area contributed by atoms with Crippen LogP contribution in [0.15, 0.2) is 35.6 Å². The summed E-state index contributed by atoms with van der Waals surface area (Å²) in [6.45, 7) is 1.18. The number of hydrogen-bond acceptors (Lipinski definition) is 17. The second kappa shape index (κ2) is 17.4. The van der Waals surface area contributed by atoms with E-state index in [9.17, 15) is 35.1 Å². The van der Waals surface area contributed by atoms with Crippen molar-refractivity contribution in [3.05, 3.63) is 36.2 Å². The highest BCUT2D eigenvalue weighted by Crippen LogP contribution is 2.35. The fourth-order valence-corrected chi connectivity index (χ4v) is 5.68. The Bertz CT molecular complexity index is 1440. The molecule has 0 radical (unpaired) electrons. The number of nitrogens with one attached hydrogen (secondary N) is 2. The maximum atomic E-state index is 12.4. The lowest BCUT2D eigenvalue weighted by molar-refractivity contribution is -0.320. The van der Waals surface area contributed by atoms with Gasteiger partial charge >= 0.3 is 0 Å². The van der Waals surface area contributed by atoms with Gasteiger partial charge in [-0.2, -0.15) is 0 Å². The number of nitrogens with zero attached hydrogens (tertiary/aromatic N) is 5. The largest absolute Gasteiger partial charge is 0.450 e. The van der Waals surface area contributed by atoms with Crippen LogP contribution in [0.25, 0.3) is 11.4 Å². The van der Waals surface area contributed by atoms with Crippen LogP contribution in [0.4, 0.5) is 0 Å². The predicted octanol–water partition coefficient (Wildman–Crippen LogP) is -2.67. The average Bonchev–Trinajstić information content (AvgIpc) is 3.51. The number of aromatic nitrogens is 4. The number of aliphatic imine (C=N–C) groups is 1. The van der Waals surface area contributed by atoms with Crippen molar-refractivity contribution in [1.29, 1.82) is 0 Å². The molecule has 0 spiro atoms. The third-order valence-electron chi connectivity index (χ3n) is 8.48. The molecule has 3 aliphatic rings. The molecule has 0 aliphatic carbocycles. The Morgan fingerprint density at radius 1 is 0.980 bits per heavy atom. The summed E-state index contributed by atoms with van der Waals surface area (Å²) in [6.07, 6.45) is -7.51. The minimum absolute atomic E-state index is 0.0115. The van der Waals surface area contributed by atoms with Crippen molar-refractivity contribution in [3.8, 4) is 11.4 Å². The van der Waals surface area contributed by atoms with E-state index in [0.717, 1.165) is 11.1 Å². The molecule has 2 fully saturated rings. The summed E-state index contributed by atoms with van der Waals surface area (Å²) in [5.41, 5.74) is 0.241. The number of fused-ring (bicyclic) bond motifs is 1. The lowest BCUT2D eigenvalue weighted by Gasteiger charge is -2.44. The first-order valence-electron chi connectivity index (χ1n) is 16.3. The summed E-state index contributed by atoms with van der Waals surface area (Å²) >= 11 is 0. The molecule has 3 aliphatic heterocycles. The van der Waals surface area contributed by atoms with Gasteiger partial charge in [-0.25, -0.2) is 4.99 Å². The SMILES string of the molecule is CC1=N[C@H]2C(O)CC(CO)(CO[C@@H]3OC(CNC(=O)CCOCCCC(=O)NCc4ccc(-c5nncnn5)cc4)[C@@H](O)C(O)C3O)O[C@H]2O1. The number of amides is 2. The molecule has 2 aromatic rings. The van der Waals surface area contributed by atoms with E-state index >= 15 is 0 Å². The van der Waals surface area contributed by atoms with Gasteiger partial charge in [0.15, 0.2) is 18.5 Å². The monoisotopic (exact) mass is 705 g/mol. The zero-order chi connectivity index (χ0) is 35.7. The molecule has 5 rings (SSSR count). The van der Waals surface area contributed by atoms with Gasteiger partial charge in [-0.3, -0.25) is 9.59 Å². The Morgan fingerprint density at radius 2 is 1.72 bits per heavy atom. The van der Waals surface area contributed by atoms with Crippen molar-refractivity contribution < 1.29 is 58.8 Å². The number of ether oxygens (including phenoxy) is 5. The fourth-order valence-electron chi connectivity index (χ4n) is 5.68. The first kappa shape index (κ1) is 37.5. The summed E-state index contributed by atoms with van der Waals surface area (Å²) in [7, 11) is 0. The molecule has 7 N–H and O–H groups in total. The average molecular weight is 706 g/mol. The van der Waals surface area contributed by atoms with Crippen LogP contribution in [0.2, 0.25) is 0 Å². The highest BCUT2D eigenvalue weighted by atomic mass is 16.7. The van der Waals surface area contributed by atoms with E-state index in [0.29, 0.717) is 24.7 Å². The molecule has 1 aromatic carbocycles. The highest BCUT2D eigenvalue weighted by Gasteiger charge is 2.52. The number of rotatable bonds is 16. The molecule has 5 unspecified atom stereocenters. The number of carbonyl (C=O) groups excluding carboxylic acids is 2. The van der Waals surface area contributed by atoms with E-state index in [1.807, 2.05) is 24.3 Å². The molecular formula is C31H43N7O12. The quantitative estimate of drug-likeness (QED) is 0.0878. The van der Waals surface area contributed by atoms with Gasteiger partial charge < -0.3 is 59.9 Å². The summed E-state index contributed by atoms with van der Waals surface area (Å²) in [4.78, 5) is 28.8. The molecule has 4 heterocycles. The summed E-state index contributed by atoms with van der Waals surface area (Å²) in [5, 5.41) is 72.7. The number of hydrogen-bond donors (Lipinski definition) is 7. The third-order valence-corrected chi connectivity index (χ3v) is 8.48. The van der Waals surface area contributed by atoms with E-state index in [2.05, 4.69) is 36.0 Å². The van der Waals surface area contributed by atoms with Crippen molar-refractivity contribution in [3.63, 3.8) is 0 Å². The second-order valence-corrected chi connectivity index (χ2v) is 12.3. The molecule has 19 heteroatoms. The van der Waals surface area contributed by atoms with Gasteiger partial charge in [0.05, 0.1) is 25.9 Å². The zero-order valence-electron chi connectivity index (χ0n) is 27.4. The molecular weight excluding hydrogens is 662 g/mol. The smallest absolute Gasteiger partial charge is 0.227 e. The Morgan fingerprint density at radius 3 is 2.46 bits per heavy atom. The maximum Gasteiger partial charge on any atom is 0.227 e. The number of benzene rings is 1. The van der Waals surface area contributed by atoms with Crippen LogP contribution >= 0.6 is 0 Å². The van der Waals surface area contributed by atoms with Crippen molar-refractivity contribution in [1.82, 2.24) is 31.0 Å². The number of aliphatic hydroxyl groups is 5. The van der Waals surface area contributed by atoms with Crippen LogP contribution in [0.5, 0.6) is 0 Å². The van der Waals surface area contributed by atoms with E-state index in [1.165, 1.54) is 6.33 Å². The molecule has 19 nitrogen and oxygen atoms in total. The molecule has 0 bridgehead atoms. The number of aliphatic hydroxyl groups excluding tert-OH is 5. The van der Waals surface area contributed by atoms with Crippen LogP contribution in [-0.2, 0) is 39.8 Å². The number of carbonyl (C=O) groups is 2. The Labute approximate surface area is 287 Å². The third kappa shape index (κ3) is 9.71. The lowest BCUT2D eigenvalue weighted by Crippen LogP contribution is -2.62. The normalized spacial score (nSPS) is 30.6.